The molecule has 2 heterocycles. The van der Waals surface area contributed by atoms with E-state index in [0.29, 0.717) is 13.2 Å². The molecule has 0 saturated carbocycles. The number of hydrogen-bond donors (Lipinski definition) is 1. The van der Waals surface area contributed by atoms with Gasteiger partial charge in [-0.1, -0.05) is 36.5 Å². The lowest BCUT2D eigenvalue weighted by Crippen LogP contribution is -2.15. The Labute approximate surface area is 169 Å². The van der Waals surface area contributed by atoms with Gasteiger partial charge in [0.05, 0.1) is 0 Å². The minimum absolute atomic E-state index is 0.631. The fraction of sp³-hybridized carbons (Fsp3) is 0.318. The summed E-state index contributed by atoms with van der Waals surface area (Å²) >= 11 is 7.37. The summed E-state index contributed by atoms with van der Waals surface area (Å²) in [7, 11) is 0. The number of ether oxygens (including phenoxy) is 2. The Morgan fingerprint density at radius 1 is 1.04 bits per heavy atom. The number of aromatic nitrogens is 1. The van der Waals surface area contributed by atoms with Crippen molar-refractivity contribution in [3.63, 3.8) is 0 Å². The number of aromatic amines is 1. The van der Waals surface area contributed by atoms with Gasteiger partial charge in [0, 0.05) is 27.0 Å². The first-order chi connectivity index (χ1) is 13.3. The molecule has 1 aromatic heterocycles. The molecular weight excluding hydrogens is 374 g/mol. The molecule has 0 amide bonds. The topological polar surface area (TPSA) is 34.2 Å². The van der Waals surface area contributed by atoms with Crippen LogP contribution in [0.15, 0.2) is 48.7 Å². The molecule has 2 aromatic carbocycles. The van der Waals surface area contributed by atoms with Crippen molar-refractivity contribution in [3.8, 4) is 11.5 Å². The summed E-state index contributed by atoms with van der Waals surface area (Å²) in [6.45, 7) is 1.26. The van der Waals surface area contributed by atoms with Crippen LogP contribution in [0.2, 0.25) is 0 Å². The van der Waals surface area contributed by atoms with Gasteiger partial charge in [0.1, 0.15) is 13.2 Å². The van der Waals surface area contributed by atoms with Crippen molar-refractivity contribution in [2.75, 3.05) is 19.0 Å². The molecule has 4 rings (SSSR count). The van der Waals surface area contributed by atoms with E-state index < -0.39 is 0 Å². The molecular formula is C22H23NO2S2. The number of benzene rings is 2. The molecule has 140 valence electrons. The second-order valence-corrected chi connectivity index (χ2v) is 8.60. The van der Waals surface area contributed by atoms with Gasteiger partial charge in [-0.3, -0.25) is 0 Å². The monoisotopic (exact) mass is 397 g/mol. The summed E-state index contributed by atoms with van der Waals surface area (Å²) in [4.78, 5) is 3.34. The predicted octanol–water partition coefficient (Wildman–Crippen LogP) is 5.57. The lowest BCUT2D eigenvalue weighted by Gasteiger charge is -2.18. The number of H-pyrrole nitrogens is 1. The maximum Gasteiger partial charge on any atom is 0.161 e. The average molecular weight is 398 g/mol. The Kier molecular flexibility index (Phi) is 6.00. The number of thiocarbonyl (C=S) groups is 1. The van der Waals surface area contributed by atoms with Crippen molar-refractivity contribution in [3.05, 3.63) is 59.8 Å². The van der Waals surface area contributed by atoms with Crippen LogP contribution in [0.4, 0.5) is 0 Å². The Hall–Kier alpha value is -1.98. The van der Waals surface area contributed by atoms with Crippen LogP contribution in [0.25, 0.3) is 10.9 Å². The highest BCUT2D eigenvalue weighted by Gasteiger charge is 2.11. The molecule has 27 heavy (non-hydrogen) atoms. The smallest absolute Gasteiger partial charge is 0.161 e. The minimum atomic E-state index is 0.631. The van der Waals surface area contributed by atoms with E-state index >= 15 is 0 Å². The molecule has 0 spiro atoms. The van der Waals surface area contributed by atoms with Crippen molar-refractivity contribution >= 4 is 39.1 Å². The second kappa shape index (κ2) is 8.81. The van der Waals surface area contributed by atoms with E-state index in [2.05, 4.69) is 47.6 Å². The van der Waals surface area contributed by atoms with Gasteiger partial charge in [-0.25, -0.2) is 0 Å². The molecule has 3 aromatic rings. The maximum atomic E-state index is 5.65. The third-order valence-corrected chi connectivity index (χ3v) is 6.25. The Bertz CT molecular complexity index is 935. The van der Waals surface area contributed by atoms with E-state index in [1.807, 2.05) is 6.07 Å². The highest BCUT2D eigenvalue weighted by molar-refractivity contribution is 8.23. The highest BCUT2D eigenvalue weighted by Crippen LogP contribution is 2.31. The number of para-hydroxylation sites is 1. The summed E-state index contributed by atoms with van der Waals surface area (Å²) in [6.07, 6.45) is 6.26. The number of nitrogens with one attached hydrogen (secondary N) is 1. The zero-order valence-electron chi connectivity index (χ0n) is 15.2. The summed E-state index contributed by atoms with van der Waals surface area (Å²) in [5.74, 6) is 2.72. The summed E-state index contributed by atoms with van der Waals surface area (Å²) < 4.78 is 12.3. The van der Waals surface area contributed by atoms with Gasteiger partial charge in [-0.15, -0.1) is 11.8 Å². The first-order valence-electron chi connectivity index (χ1n) is 9.39. The van der Waals surface area contributed by atoms with Crippen LogP contribution in [-0.4, -0.2) is 28.1 Å². The summed E-state index contributed by atoms with van der Waals surface area (Å²) in [5.41, 5.74) is 3.87. The number of rotatable bonds is 7. The number of aryl methyl sites for hydroxylation is 2. The first-order valence-corrected chi connectivity index (χ1v) is 10.8. The van der Waals surface area contributed by atoms with Gasteiger partial charge >= 0.3 is 0 Å². The number of fused-ring (bicyclic) bond motifs is 2. The normalized spacial score (nSPS) is 13.0. The first kappa shape index (κ1) is 18.4. The molecule has 0 radical (unpaired) electrons. The van der Waals surface area contributed by atoms with Crippen molar-refractivity contribution < 1.29 is 9.47 Å². The number of hydrogen-bond acceptors (Lipinski definition) is 4. The van der Waals surface area contributed by atoms with E-state index in [4.69, 9.17) is 21.7 Å². The van der Waals surface area contributed by atoms with Gasteiger partial charge in [0.2, 0.25) is 0 Å². The van der Waals surface area contributed by atoms with E-state index in [-0.39, 0.29) is 0 Å². The molecule has 1 N–H and O–H groups in total. The van der Waals surface area contributed by atoms with Crippen LogP contribution in [0.5, 0.6) is 11.5 Å². The van der Waals surface area contributed by atoms with Crippen molar-refractivity contribution in [2.45, 2.75) is 25.7 Å². The molecule has 1 aliphatic heterocycles. The van der Waals surface area contributed by atoms with E-state index in [1.54, 1.807) is 11.8 Å². The zero-order chi connectivity index (χ0) is 18.5. The van der Waals surface area contributed by atoms with E-state index in [1.165, 1.54) is 22.0 Å². The van der Waals surface area contributed by atoms with Crippen molar-refractivity contribution in [2.24, 2.45) is 0 Å². The molecule has 0 atom stereocenters. The van der Waals surface area contributed by atoms with Crippen LogP contribution in [0.3, 0.4) is 0 Å². The molecule has 0 unspecified atom stereocenters. The van der Waals surface area contributed by atoms with Gasteiger partial charge in [-0.2, -0.15) is 0 Å². The molecule has 0 aliphatic carbocycles. The lowest BCUT2D eigenvalue weighted by atomic mass is 10.1. The third kappa shape index (κ3) is 4.66. The standard InChI is InChI=1S/C22H23NO2S2/c26-22(7-3-4-17-15-23-19-6-2-1-5-18(17)19)27-13-10-16-8-9-20-21(14-16)25-12-11-24-20/h1-2,5-6,8-9,14-15,23H,3-4,7,10-13H2. The fourth-order valence-corrected chi connectivity index (χ4v) is 4.61. The molecule has 3 nitrogen and oxygen atoms in total. The zero-order valence-corrected chi connectivity index (χ0v) is 16.8. The third-order valence-electron chi connectivity index (χ3n) is 4.76. The van der Waals surface area contributed by atoms with Crippen LogP contribution in [0.1, 0.15) is 24.0 Å². The number of thioether (sulfide) groups is 1. The molecule has 1 aliphatic rings. The molecule has 0 saturated heterocycles. The Morgan fingerprint density at radius 3 is 2.81 bits per heavy atom. The minimum Gasteiger partial charge on any atom is -0.486 e. The fourth-order valence-electron chi connectivity index (χ4n) is 3.36. The van der Waals surface area contributed by atoms with Crippen LogP contribution >= 0.6 is 24.0 Å². The maximum absolute atomic E-state index is 5.65. The summed E-state index contributed by atoms with van der Waals surface area (Å²) in [5, 5.41) is 1.33. The lowest BCUT2D eigenvalue weighted by molar-refractivity contribution is 0.171. The highest BCUT2D eigenvalue weighted by atomic mass is 32.2. The van der Waals surface area contributed by atoms with Crippen LogP contribution < -0.4 is 9.47 Å². The Morgan fingerprint density at radius 2 is 1.89 bits per heavy atom. The van der Waals surface area contributed by atoms with Crippen molar-refractivity contribution in [1.82, 2.24) is 4.98 Å². The van der Waals surface area contributed by atoms with Crippen molar-refractivity contribution in [1.29, 1.82) is 0 Å². The largest absolute Gasteiger partial charge is 0.486 e. The summed E-state index contributed by atoms with van der Waals surface area (Å²) in [6, 6.07) is 14.7. The molecule has 0 bridgehead atoms. The Balaban J connectivity index is 1.20. The van der Waals surface area contributed by atoms with E-state index in [9.17, 15) is 0 Å². The average Bonchev–Trinajstić information content (AvgIpc) is 3.11. The van der Waals surface area contributed by atoms with Gasteiger partial charge in [0.25, 0.3) is 0 Å². The quantitative estimate of drug-likeness (QED) is 0.529. The second-order valence-electron chi connectivity index (χ2n) is 6.66. The van der Waals surface area contributed by atoms with Gasteiger partial charge in [0.15, 0.2) is 11.5 Å². The van der Waals surface area contributed by atoms with E-state index in [0.717, 1.165) is 47.1 Å². The van der Waals surface area contributed by atoms with Gasteiger partial charge in [-0.05, 0) is 55.0 Å². The predicted molar refractivity (Wildman–Crippen MR) is 117 cm³/mol. The van der Waals surface area contributed by atoms with Crippen LogP contribution in [0, 0.1) is 0 Å². The molecule has 5 heteroatoms. The molecule has 0 fully saturated rings. The SMILES string of the molecule is S=C(CCCc1c[nH]c2ccccc12)SCCc1ccc2c(c1)OCCO2. The van der Waals surface area contributed by atoms with Gasteiger partial charge < -0.3 is 14.5 Å². The van der Waals surface area contributed by atoms with Crippen LogP contribution in [-0.2, 0) is 12.8 Å².